The van der Waals surface area contributed by atoms with Crippen LogP contribution in [0.5, 0.6) is 0 Å². The van der Waals surface area contributed by atoms with Crippen LogP contribution >= 0.6 is 0 Å². The maximum absolute atomic E-state index is 15.0. The zero-order valence-electron chi connectivity index (χ0n) is 23.3. The maximum Gasteiger partial charge on any atom is 0.180 e. The van der Waals surface area contributed by atoms with E-state index in [1.165, 1.54) is 5.57 Å². The number of carbonyl (C=O) groups excluding carboxylic acids is 3. The van der Waals surface area contributed by atoms with Crippen molar-refractivity contribution in [2.45, 2.75) is 91.6 Å². The van der Waals surface area contributed by atoms with Crippen LogP contribution in [-0.4, -0.2) is 28.1 Å². The largest absolute Gasteiger partial charge is 0.387 e. The minimum Gasteiger partial charge on any atom is -0.387 e. The summed E-state index contributed by atoms with van der Waals surface area (Å²) in [6.07, 6.45) is 6.54. The smallest absolute Gasteiger partial charge is 0.180 e. The van der Waals surface area contributed by atoms with Gasteiger partial charge in [0.05, 0.1) is 10.8 Å². The number of fused-ring (bicyclic) bond motifs is 1. The van der Waals surface area contributed by atoms with Crippen LogP contribution in [0.4, 0.5) is 0 Å². The third-order valence-electron chi connectivity index (χ3n) is 11.8. The van der Waals surface area contributed by atoms with E-state index < -0.39 is 38.6 Å². The van der Waals surface area contributed by atoms with Gasteiger partial charge in [0.25, 0.3) is 0 Å². The molecule has 0 radical (unpaired) electrons. The number of carbonyl (C=O) groups is 3. The van der Waals surface area contributed by atoms with Gasteiger partial charge in [0.2, 0.25) is 0 Å². The quantitative estimate of drug-likeness (QED) is 0.397. The van der Waals surface area contributed by atoms with Crippen molar-refractivity contribution in [2.75, 3.05) is 0 Å². The molecule has 4 heteroatoms. The van der Waals surface area contributed by atoms with Gasteiger partial charge in [-0.05, 0) is 82.6 Å². The third kappa shape index (κ3) is 2.32. The Bertz CT molecular complexity index is 1340. The molecule has 1 aromatic carbocycles. The molecule has 196 valence electrons. The number of ketones is 3. The highest BCUT2D eigenvalue weighted by molar-refractivity contribution is 6.29. The van der Waals surface area contributed by atoms with Crippen molar-refractivity contribution in [3.8, 4) is 0 Å². The first-order valence-electron chi connectivity index (χ1n) is 13.9. The van der Waals surface area contributed by atoms with Crippen LogP contribution in [-0.2, 0) is 15.0 Å². The van der Waals surface area contributed by atoms with E-state index in [-0.39, 0.29) is 23.3 Å². The van der Waals surface area contributed by atoms with Crippen molar-refractivity contribution in [1.82, 2.24) is 0 Å². The first kappa shape index (κ1) is 25.0. The van der Waals surface area contributed by atoms with Crippen LogP contribution < -0.4 is 0 Å². The van der Waals surface area contributed by atoms with Gasteiger partial charge in [-0.15, -0.1) is 0 Å². The Kier molecular flexibility index (Phi) is 4.72. The molecule has 0 heterocycles. The molecule has 5 bridgehead atoms. The van der Waals surface area contributed by atoms with Gasteiger partial charge < -0.3 is 5.11 Å². The number of benzene rings is 1. The fourth-order valence-electron chi connectivity index (χ4n) is 10.3. The van der Waals surface area contributed by atoms with Crippen LogP contribution in [0.15, 0.2) is 47.6 Å². The summed E-state index contributed by atoms with van der Waals surface area (Å²) >= 11 is 0. The predicted molar refractivity (Wildman–Crippen MR) is 143 cm³/mol. The Hall–Kier alpha value is -2.33. The molecule has 0 amide bonds. The van der Waals surface area contributed by atoms with E-state index in [9.17, 15) is 14.7 Å². The molecule has 7 atom stereocenters. The van der Waals surface area contributed by atoms with E-state index in [0.717, 1.165) is 17.6 Å². The lowest BCUT2D eigenvalue weighted by atomic mass is 9.33. The van der Waals surface area contributed by atoms with Crippen LogP contribution in [0.2, 0.25) is 0 Å². The van der Waals surface area contributed by atoms with Gasteiger partial charge >= 0.3 is 0 Å². The number of hydrogen-bond donors (Lipinski definition) is 1. The molecule has 6 aliphatic rings. The van der Waals surface area contributed by atoms with Crippen molar-refractivity contribution in [1.29, 1.82) is 0 Å². The fraction of sp³-hybridized carbons (Fsp3) is 0.606. The summed E-state index contributed by atoms with van der Waals surface area (Å²) in [5, 5.41) is 13.3. The summed E-state index contributed by atoms with van der Waals surface area (Å²) in [5.41, 5.74) is -3.14. The summed E-state index contributed by atoms with van der Waals surface area (Å²) in [6.45, 7) is 14.4. The highest BCUT2D eigenvalue weighted by Crippen LogP contribution is 2.87. The zero-order valence-corrected chi connectivity index (χ0v) is 23.3. The van der Waals surface area contributed by atoms with Crippen molar-refractivity contribution in [2.24, 2.45) is 33.5 Å². The lowest BCUT2D eigenvalue weighted by Crippen LogP contribution is -2.82. The second kappa shape index (κ2) is 7.00. The van der Waals surface area contributed by atoms with Gasteiger partial charge in [-0.3, -0.25) is 14.4 Å². The number of hydrogen-bond acceptors (Lipinski definition) is 4. The van der Waals surface area contributed by atoms with Crippen molar-refractivity contribution in [3.05, 3.63) is 58.7 Å². The second-order valence-corrected chi connectivity index (χ2v) is 14.2. The summed E-state index contributed by atoms with van der Waals surface area (Å²) in [6, 6.07) is 7.61. The molecule has 1 aromatic rings. The minimum absolute atomic E-state index is 0.0314. The number of Topliss-reactive ketones (excluding diaryl/α,β-unsaturated/α-hetero) is 3. The number of allylic oxidation sites excluding steroid dienone is 4. The first-order valence-corrected chi connectivity index (χ1v) is 13.9. The number of aliphatic hydroxyl groups is 1. The lowest BCUT2D eigenvalue weighted by molar-refractivity contribution is -0.240. The van der Waals surface area contributed by atoms with E-state index in [0.29, 0.717) is 31.2 Å². The van der Waals surface area contributed by atoms with Gasteiger partial charge in [-0.1, -0.05) is 68.3 Å². The summed E-state index contributed by atoms with van der Waals surface area (Å²) in [5.74, 6) is -1.01. The average Bonchev–Trinajstić information content (AvgIpc) is 3.15. The Morgan fingerprint density at radius 1 is 0.946 bits per heavy atom. The van der Waals surface area contributed by atoms with Crippen molar-refractivity contribution >= 4 is 17.3 Å². The molecule has 0 aromatic heterocycles. The minimum atomic E-state index is -1.68. The third-order valence-corrected chi connectivity index (χ3v) is 11.8. The molecule has 37 heavy (non-hydrogen) atoms. The average molecular weight is 501 g/mol. The highest BCUT2D eigenvalue weighted by Gasteiger charge is 2.97. The summed E-state index contributed by atoms with van der Waals surface area (Å²) in [4.78, 5) is 44.7. The Balaban J connectivity index is 1.71. The van der Waals surface area contributed by atoms with Crippen molar-refractivity contribution < 1.29 is 19.5 Å². The second-order valence-electron chi connectivity index (χ2n) is 14.2. The monoisotopic (exact) mass is 500 g/mol. The standard InChI is InChI=1S/C33H40O4/c1-19(2)12-13-21-16-31-17-24-28(5,6)23-11-9-8-10-22(23)25(34)32(24)27(36)30(26(31)35,15-14-20(3)4)18-29(21,7)33(31,32)37/h8-12,14,21,24,37H,13,15-18H2,1-7H3/t21?,24-,29?,30-,31-,32?,33-/m0/s1. The molecule has 1 spiro atoms. The van der Waals surface area contributed by atoms with E-state index in [1.807, 2.05) is 44.2 Å². The molecule has 3 unspecified atom stereocenters. The summed E-state index contributed by atoms with van der Waals surface area (Å²) in [7, 11) is 0. The van der Waals surface area contributed by atoms with Crippen LogP contribution in [0.1, 0.15) is 96.5 Å². The van der Waals surface area contributed by atoms with Crippen LogP contribution in [0, 0.1) is 33.5 Å². The number of rotatable bonds is 4. The van der Waals surface area contributed by atoms with Crippen LogP contribution in [0.25, 0.3) is 0 Å². The molecule has 1 N–H and O–H groups in total. The zero-order chi connectivity index (χ0) is 27.0. The van der Waals surface area contributed by atoms with E-state index in [1.54, 1.807) is 0 Å². The molecular weight excluding hydrogens is 460 g/mol. The molecule has 6 aliphatic carbocycles. The molecule has 7 rings (SSSR count). The fourth-order valence-corrected chi connectivity index (χ4v) is 10.3. The Labute approximate surface area is 220 Å². The predicted octanol–water partition coefficient (Wildman–Crippen LogP) is 6.17. The van der Waals surface area contributed by atoms with E-state index in [2.05, 4.69) is 40.7 Å². The highest BCUT2D eigenvalue weighted by atomic mass is 16.3. The molecule has 5 saturated carbocycles. The molecule has 5 fully saturated rings. The molecule has 0 saturated heterocycles. The SMILES string of the molecule is CC(C)=CCC1C[C@@]23C[C@H]4C(C)(C)c5ccccc5C(=O)C45C(=O)[C@@](CC=C(C)C)(CC1(C)[C@@]52O)C3=O. The van der Waals surface area contributed by atoms with Gasteiger partial charge in [0, 0.05) is 11.0 Å². The topological polar surface area (TPSA) is 71.4 Å². The Morgan fingerprint density at radius 3 is 2.24 bits per heavy atom. The van der Waals surface area contributed by atoms with Crippen LogP contribution in [0.3, 0.4) is 0 Å². The van der Waals surface area contributed by atoms with E-state index >= 15 is 4.79 Å². The Morgan fingerprint density at radius 2 is 1.59 bits per heavy atom. The van der Waals surface area contributed by atoms with Crippen molar-refractivity contribution in [3.63, 3.8) is 0 Å². The normalized spacial score (nSPS) is 43.9. The first-order chi connectivity index (χ1) is 17.2. The van der Waals surface area contributed by atoms with Gasteiger partial charge in [-0.25, -0.2) is 0 Å². The molecule has 4 nitrogen and oxygen atoms in total. The lowest BCUT2D eigenvalue weighted by Gasteiger charge is -2.68. The van der Waals surface area contributed by atoms with Gasteiger partial charge in [-0.2, -0.15) is 0 Å². The van der Waals surface area contributed by atoms with E-state index in [4.69, 9.17) is 0 Å². The molecule has 0 aliphatic heterocycles. The maximum atomic E-state index is 15.0. The van der Waals surface area contributed by atoms with Gasteiger partial charge in [0.15, 0.2) is 17.3 Å². The summed E-state index contributed by atoms with van der Waals surface area (Å²) < 4.78 is 0. The van der Waals surface area contributed by atoms with Gasteiger partial charge in [0.1, 0.15) is 11.0 Å². The molecular formula is C33H40O4.